The van der Waals surface area contributed by atoms with Crippen molar-refractivity contribution < 1.29 is 13.6 Å². The van der Waals surface area contributed by atoms with E-state index in [9.17, 15) is 13.6 Å². The monoisotopic (exact) mass is 253 g/mol. The zero-order chi connectivity index (χ0) is 13.7. The number of nitrogens with zero attached hydrogens (tertiary/aromatic N) is 3. The summed E-state index contributed by atoms with van der Waals surface area (Å²) >= 11 is 0. The second-order valence-electron chi connectivity index (χ2n) is 3.98. The number of alkyl halides is 2. The molecular weight excluding hydrogens is 240 g/mol. The largest absolute Gasteiger partial charge is 0.329 e. The van der Waals surface area contributed by atoms with Crippen LogP contribution in [0, 0.1) is 11.3 Å². The molecule has 96 valence electrons. The Morgan fingerprint density at radius 2 is 2.22 bits per heavy atom. The van der Waals surface area contributed by atoms with Crippen molar-refractivity contribution in [3.05, 3.63) is 29.6 Å². The van der Waals surface area contributed by atoms with Gasteiger partial charge in [0.2, 0.25) is 0 Å². The summed E-state index contributed by atoms with van der Waals surface area (Å²) < 4.78 is 24.8. The molecule has 0 spiro atoms. The normalized spacial score (nSPS) is 10.5. The maximum atomic E-state index is 12.4. The van der Waals surface area contributed by atoms with Crippen LogP contribution in [0.1, 0.15) is 29.9 Å². The predicted molar refractivity (Wildman–Crippen MR) is 61.1 cm³/mol. The van der Waals surface area contributed by atoms with Crippen LogP contribution in [0.3, 0.4) is 0 Å². The van der Waals surface area contributed by atoms with Gasteiger partial charge in [-0.3, -0.25) is 9.78 Å². The quantitative estimate of drug-likeness (QED) is 0.825. The number of hydrogen-bond acceptors (Lipinski definition) is 3. The summed E-state index contributed by atoms with van der Waals surface area (Å²) in [5, 5.41) is 8.71. The first-order valence-electron chi connectivity index (χ1n) is 5.41. The summed E-state index contributed by atoms with van der Waals surface area (Å²) in [5.74, 6) is -0.595. The highest BCUT2D eigenvalue weighted by molar-refractivity contribution is 5.92. The van der Waals surface area contributed by atoms with Gasteiger partial charge in [0, 0.05) is 12.2 Å². The highest BCUT2D eigenvalue weighted by Crippen LogP contribution is 2.10. The first kappa shape index (κ1) is 14.0. The Labute approximate surface area is 104 Å². The molecule has 0 saturated carbocycles. The zero-order valence-corrected chi connectivity index (χ0v) is 10.1. The lowest BCUT2D eigenvalue weighted by Crippen LogP contribution is -2.40. The molecule has 1 amide bonds. The van der Waals surface area contributed by atoms with Gasteiger partial charge in [-0.25, -0.2) is 8.78 Å². The van der Waals surface area contributed by atoms with E-state index in [-0.39, 0.29) is 17.3 Å². The molecular formula is C12H13F2N3O. The molecule has 0 saturated heterocycles. The number of carbonyl (C=O) groups is 1. The minimum atomic E-state index is -2.60. The lowest BCUT2D eigenvalue weighted by Gasteiger charge is -2.25. The number of carbonyl (C=O) groups excluding carboxylic acids is 1. The number of hydrogen-bond donors (Lipinski definition) is 0. The average Bonchev–Trinajstić information content (AvgIpc) is 2.34. The van der Waals surface area contributed by atoms with Crippen molar-refractivity contribution in [2.75, 3.05) is 6.54 Å². The van der Waals surface area contributed by atoms with E-state index < -0.39 is 18.9 Å². The first-order chi connectivity index (χ1) is 8.45. The summed E-state index contributed by atoms with van der Waals surface area (Å²) in [6.07, 6.45) is -1.29. The molecule has 0 aliphatic rings. The van der Waals surface area contributed by atoms with Crippen molar-refractivity contribution >= 4 is 5.91 Å². The van der Waals surface area contributed by atoms with E-state index in [0.29, 0.717) is 0 Å². The molecule has 1 heterocycles. The van der Waals surface area contributed by atoms with E-state index >= 15 is 0 Å². The van der Waals surface area contributed by atoms with Gasteiger partial charge < -0.3 is 4.90 Å². The molecule has 18 heavy (non-hydrogen) atoms. The lowest BCUT2D eigenvalue weighted by molar-refractivity contribution is 0.0471. The Hall–Kier alpha value is -2.03. The van der Waals surface area contributed by atoms with Gasteiger partial charge in [0.15, 0.2) is 0 Å². The third-order valence-corrected chi connectivity index (χ3v) is 2.33. The van der Waals surface area contributed by atoms with Crippen molar-refractivity contribution in [1.29, 1.82) is 5.26 Å². The molecule has 6 heteroatoms. The summed E-state index contributed by atoms with van der Waals surface area (Å²) in [6, 6.07) is 4.25. The van der Waals surface area contributed by atoms with E-state index in [1.165, 1.54) is 18.3 Å². The number of rotatable bonds is 4. The molecule has 0 aliphatic carbocycles. The Kier molecular flexibility index (Phi) is 4.72. The van der Waals surface area contributed by atoms with E-state index in [2.05, 4.69) is 4.98 Å². The number of halogens is 2. The fourth-order valence-electron chi connectivity index (χ4n) is 1.44. The molecule has 0 aliphatic heterocycles. The number of nitriles is 1. The lowest BCUT2D eigenvalue weighted by atomic mass is 10.2. The van der Waals surface area contributed by atoms with Crippen molar-refractivity contribution in [2.45, 2.75) is 26.3 Å². The topological polar surface area (TPSA) is 57.0 Å². The summed E-state index contributed by atoms with van der Waals surface area (Å²) in [4.78, 5) is 16.9. The third kappa shape index (κ3) is 3.48. The van der Waals surface area contributed by atoms with Gasteiger partial charge in [0.25, 0.3) is 12.3 Å². The second kappa shape index (κ2) is 6.05. The van der Waals surface area contributed by atoms with Crippen molar-refractivity contribution in [1.82, 2.24) is 9.88 Å². The van der Waals surface area contributed by atoms with Crippen molar-refractivity contribution in [3.8, 4) is 6.07 Å². The van der Waals surface area contributed by atoms with Gasteiger partial charge in [-0.15, -0.1) is 0 Å². The highest BCUT2D eigenvalue weighted by Gasteiger charge is 2.23. The van der Waals surface area contributed by atoms with Gasteiger partial charge in [-0.2, -0.15) is 5.26 Å². The molecule has 4 nitrogen and oxygen atoms in total. The molecule has 0 bridgehead atoms. The molecule has 0 aromatic carbocycles. The molecule has 0 radical (unpaired) electrons. The van der Waals surface area contributed by atoms with Crippen LogP contribution >= 0.6 is 0 Å². The van der Waals surface area contributed by atoms with E-state index in [0.717, 1.165) is 4.90 Å². The Morgan fingerprint density at radius 3 is 2.72 bits per heavy atom. The minimum absolute atomic E-state index is 0.00315. The van der Waals surface area contributed by atoms with Crippen LogP contribution in [0.15, 0.2) is 18.3 Å². The molecule has 0 unspecified atom stereocenters. The maximum Gasteiger partial charge on any atom is 0.272 e. The second-order valence-corrected chi connectivity index (χ2v) is 3.98. The maximum absolute atomic E-state index is 12.4. The molecule has 1 aromatic rings. The van der Waals surface area contributed by atoms with Gasteiger partial charge in [-0.1, -0.05) is 0 Å². The smallest absolute Gasteiger partial charge is 0.272 e. The van der Waals surface area contributed by atoms with Crippen LogP contribution < -0.4 is 0 Å². The summed E-state index contributed by atoms with van der Waals surface area (Å²) in [7, 11) is 0. The van der Waals surface area contributed by atoms with Gasteiger partial charge in [0.1, 0.15) is 5.69 Å². The highest BCUT2D eigenvalue weighted by atomic mass is 19.3. The van der Waals surface area contributed by atoms with Crippen LogP contribution in [0.5, 0.6) is 0 Å². The van der Waals surface area contributed by atoms with E-state index in [1.807, 2.05) is 6.07 Å². The van der Waals surface area contributed by atoms with Crippen molar-refractivity contribution in [3.63, 3.8) is 0 Å². The average molecular weight is 253 g/mol. The van der Waals surface area contributed by atoms with Gasteiger partial charge in [0.05, 0.1) is 18.2 Å². The predicted octanol–water partition coefficient (Wildman–Crippen LogP) is 2.07. The molecule has 0 atom stereocenters. The fourth-order valence-corrected chi connectivity index (χ4v) is 1.44. The SMILES string of the molecule is CC(C)N(CC(F)F)C(=O)c1cc(C#N)ccn1. The zero-order valence-electron chi connectivity index (χ0n) is 10.1. The molecule has 0 N–H and O–H groups in total. The van der Waals surface area contributed by atoms with Crippen LogP contribution in [0.4, 0.5) is 8.78 Å². The summed E-state index contributed by atoms with van der Waals surface area (Å²) in [5.41, 5.74) is 0.275. The van der Waals surface area contributed by atoms with Crippen LogP contribution in [-0.2, 0) is 0 Å². The Balaban J connectivity index is 2.98. The Bertz CT molecular complexity index is 469. The van der Waals surface area contributed by atoms with Gasteiger partial charge in [-0.05, 0) is 26.0 Å². The molecule has 1 rings (SSSR count). The van der Waals surface area contributed by atoms with E-state index in [4.69, 9.17) is 5.26 Å². The number of pyridine rings is 1. The molecule has 1 aromatic heterocycles. The van der Waals surface area contributed by atoms with Crippen LogP contribution in [0.2, 0.25) is 0 Å². The van der Waals surface area contributed by atoms with Crippen LogP contribution in [0.25, 0.3) is 0 Å². The number of aromatic nitrogens is 1. The fraction of sp³-hybridized carbons (Fsp3) is 0.417. The standard InChI is InChI=1S/C12H13F2N3O/c1-8(2)17(7-11(13)14)12(18)10-5-9(6-15)3-4-16-10/h3-5,8,11H,7H2,1-2H3. The van der Waals surface area contributed by atoms with Crippen molar-refractivity contribution in [2.24, 2.45) is 0 Å². The van der Waals surface area contributed by atoms with Gasteiger partial charge >= 0.3 is 0 Å². The minimum Gasteiger partial charge on any atom is -0.329 e. The number of amides is 1. The third-order valence-electron chi connectivity index (χ3n) is 2.33. The Morgan fingerprint density at radius 1 is 1.56 bits per heavy atom. The summed E-state index contributed by atoms with van der Waals surface area (Å²) in [6.45, 7) is 2.65. The first-order valence-corrected chi connectivity index (χ1v) is 5.41. The van der Waals surface area contributed by atoms with Crippen LogP contribution in [-0.4, -0.2) is 34.8 Å². The molecule has 0 fully saturated rings. The van der Waals surface area contributed by atoms with E-state index in [1.54, 1.807) is 13.8 Å².